The van der Waals surface area contributed by atoms with Crippen molar-refractivity contribution in [2.24, 2.45) is 5.92 Å². The average molecular weight is 259 g/mol. The molecule has 1 aromatic rings. The number of carbonyl (C=O) groups excluding carboxylic acids is 1. The Hall–Kier alpha value is -1.45. The van der Waals surface area contributed by atoms with Crippen molar-refractivity contribution in [3.63, 3.8) is 0 Å². The van der Waals surface area contributed by atoms with Crippen LogP contribution in [0.4, 0.5) is 0 Å². The second kappa shape index (κ2) is 4.91. The maximum absolute atomic E-state index is 12.6. The van der Waals surface area contributed by atoms with Gasteiger partial charge in [-0.15, -0.1) is 0 Å². The predicted molar refractivity (Wildman–Crippen MR) is 72.8 cm³/mol. The zero-order valence-corrected chi connectivity index (χ0v) is 11.7. The molecule has 0 N–H and O–H groups in total. The zero-order chi connectivity index (χ0) is 13.4. The summed E-state index contributed by atoms with van der Waals surface area (Å²) in [7, 11) is 0. The highest BCUT2D eigenvalue weighted by molar-refractivity contribution is 5.92. The van der Waals surface area contributed by atoms with Gasteiger partial charge in [0.05, 0.1) is 11.9 Å². The van der Waals surface area contributed by atoms with Gasteiger partial charge in [0.15, 0.2) is 0 Å². The van der Waals surface area contributed by atoms with Crippen LogP contribution in [0.3, 0.4) is 0 Å². The number of hydrogen-bond acceptors (Lipinski definition) is 3. The topological polar surface area (TPSA) is 46.1 Å². The summed E-state index contributed by atoms with van der Waals surface area (Å²) in [5, 5.41) is 0. The molecule has 0 radical (unpaired) electrons. The number of carbonyl (C=O) groups is 1. The minimum atomic E-state index is 0.0643. The lowest BCUT2D eigenvalue weighted by molar-refractivity contribution is 0.0627. The van der Waals surface area contributed by atoms with E-state index in [-0.39, 0.29) is 5.91 Å². The third-order valence-corrected chi connectivity index (χ3v) is 4.58. The van der Waals surface area contributed by atoms with E-state index in [4.69, 9.17) is 0 Å². The fourth-order valence-electron chi connectivity index (χ4n) is 3.69. The largest absolute Gasteiger partial charge is 0.331 e. The average Bonchev–Trinajstić information content (AvgIpc) is 2.74. The summed E-state index contributed by atoms with van der Waals surface area (Å²) in [5.74, 6) is 0.764. The quantitative estimate of drug-likeness (QED) is 0.778. The van der Waals surface area contributed by atoms with Crippen LogP contribution in [-0.4, -0.2) is 32.9 Å². The van der Waals surface area contributed by atoms with Crippen molar-refractivity contribution in [2.45, 2.75) is 58.0 Å². The molecule has 1 aliphatic carbocycles. The normalized spacial score (nSPS) is 30.2. The number of likely N-dealkylation sites (tertiary alicyclic amines) is 1. The molecule has 2 aliphatic rings. The van der Waals surface area contributed by atoms with Gasteiger partial charge in [0.25, 0.3) is 5.91 Å². The molecular formula is C15H21N3O. The van der Waals surface area contributed by atoms with E-state index in [0.29, 0.717) is 23.7 Å². The van der Waals surface area contributed by atoms with Crippen LogP contribution in [-0.2, 0) is 0 Å². The highest BCUT2D eigenvalue weighted by atomic mass is 16.2. The number of amides is 1. The van der Waals surface area contributed by atoms with Crippen LogP contribution in [0.15, 0.2) is 12.4 Å². The fraction of sp³-hybridized carbons (Fsp3) is 0.667. The van der Waals surface area contributed by atoms with Crippen LogP contribution in [0.5, 0.6) is 0 Å². The van der Waals surface area contributed by atoms with Crippen LogP contribution in [0, 0.1) is 12.8 Å². The van der Waals surface area contributed by atoms with Gasteiger partial charge >= 0.3 is 0 Å². The number of nitrogens with zero attached hydrogens (tertiary/aromatic N) is 3. The number of fused-ring (bicyclic) bond motifs is 1. The third kappa shape index (κ3) is 2.24. The van der Waals surface area contributed by atoms with Crippen LogP contribution in [0.25, 0.3) is 0 Å². The third-order valence-electron chi connectivity index (χ3n) is 4.58. The molecule has 0 spiro atoms. The van der Waals surface area contributed by atoms with Crippen LogP contribution < -0.4 is 0 Å². The van der Waals surface area contributed by atoms with Gasteiger partial charge in [-0.05, 0) is 39.0 Å². The highest BCUT2D eigenvalue weighted by Crippen LogP contribution is 2.40. The Morgan fingerprint density at radius 2 is 2.05 bits per heavy atom. The monoisotopic (exact) mass is 259 g/mol. The molecule has 1 amide bonds. The van der Waals surface area contributed by atoms with E-state index in [1.54, 1.807) is 12.4 Å². The minimum Gasteiger partial charge on any atom is -0.331 e. The second-order valence-electron chi connectivity index (χ2n) is 5.95. The molecule has 3 unspecified atom stereocenters. The van der Waals surface area contributed by atoms with Crippen LogP contribution in [0.1, 0.15) is 55.2 Å². The van der Waals surface area contributed by atoms with Gasteiger partial charge in [-0.3, -0.25) is 9.78 Å². The van der Waals surface area contributed by atoms with Gasteiger partial charge in [-0.2, -0.15) is 0 Å². The van der Waals surface area contributed by atoms with Crippen molar-refractivity contribution in [1.82, 2.24) is 14.9 Å². The number of hydrogen-bond donors (Lipinski definition) is 0. The smallest absolute Gasteiger partial charge is 0.274 e. The molecule has 2 fully saturated rings. The Kier molecular flexibility index (Phi) is 3.25. The molecule has 3 atom stereocenters. The first-order valence-corrected chi connectivity index (χ1v) is 7.28. The van der Waals surface area contributed by atoms with Gasteiger partial charge in [-0.1, -0.05) is 12.8 Å². The first-order valence-electron chi connectivity index (χ1n) is 7.28. The summed E-state index contributed by atoms with van der Waals surface area (Å²) in [6, 6.07) is 0.767. The minimum absolute atomic E-state index is 0.0643. The summed E-state index contributed by atoms with van der Waals surface area (Å²) in [6.07, 6.45) is 9.43. The first kappa shape index (κ1) is 12.6. The molecule has 4 heteroatoms. The lowest BCUT2D eigenvalue weighted by Gasteiger charge is -2.33. The Balaban J connectivity index is 1.84. The highest BCUT2D eigenvalue weighted by Gasteiger charge is 2.42. The lowest BCUT2D eigenvalue weighted by Crippen LogP contribution is -2.42. The number of aryl methyl sites for hydroxylation is 1. The predicted octanol–water partition coefficient (Wildman–Crippen LogP) is 2.58. The van der Waals surface area contributed by atoms with Crippen molar-refractivity contribution in [2.75, 3.05) is 0 Å². The number of rotatable bonds is 1. The van der Waals surface area contributed by atoms with Crippen molar-refractivity contribution >= 4 is 5.91 Å². The van der Waals surface area contributed by atoms with E-state index in [0.717, 1.165) is 18.5 Å². The molecule has 102 valence electrons. The molecule has 4 nitrogen and oxygen atoms in total. The Bertz CT molecular complexity index is 471. The summed E-state index contributed by atoms with van der Waals surface area (Å²) >= 11 is 0. The van der Waals surface area contributed by atoms with E-state index in [1.807, 2.05) is 6.92 Å². The van der Waals surface area contributed by atoms with Gasteiger partial charge in [0, 0.05) is 18.3 Å². The maximum Gasteiger partial charge on any atom is 0.274 e. The van der Waals surface area contributed by atoms with Gasteiger partial charge in [0.1, 0.15) is 5.69 Å². The molecule has 19 heavy (non-hydrogen) atoms. The molecule has 0 bridgehead atoms. The number of aromatic nitrogens is 2. The SMILES string of the molecule is Cc1cnc(C(=O)N2C(C)CC3CCCCC32)cn1. The van der Waals surface area contributed by atoms with Crippen molar-refractivity contribution in [1.29, 1.82) is 0 Å². The Morgan fingerprint density at radius 3 is 2.79 bits per heavy atom. The summed E-state index contributed by atoms with van der Waals surface area (Å²) in [5.41, 5.74) is 1.34. The summed E-state index contributed by atoms with van der Waals surface area (Å²) in [6.45, 7) is 4.05. The summed E-state index contributed by atoms with van der Waals surface area (Å²) < 4.78 is 0. The van der Waals surface area contributed by atoms with Gasteiger partial charge < -0.3 is 4.90 Å². The van der Waals surface area contributed by atoms with E-state index in [2.05, 4.69) is 21.8 Å². The van der Waals surface area contributed by atoms with E-state index in [1.165, 1.54) is 19.3 Å². The molecule has 1 saturated heterocycles. The molecule has 0 aromatic carbocycles. The summed E-state index contributed by atoms with van der Waals surface area (Å²) in [4.78, 5) is 23.2. The van der Waals surface area contributed by atoms with Gasteiger partial charge in [-0.25, -0.2) is 4.98 Å². The Labute approximate surface area is 114 Å². The fourth-order valence-corrected chi connectivity index (χ4v) is 3.69. The standard InChI is InChI=1S/C15H21N3O/c1-10-8-17-13(9-16-10)15(19)18-11(2)7-12-5-3-4-6-14(12)18/h8-9,11-12,14H,3-7H2,1-2H3. The van der Waals surface area contributed by atoms with Crippen molar-refractivity contribution in [3.05, 3.63) is 23.8 Å². The van der Waals surface area contributed by atoms with Crippen LogP contribution in [0.2, 0.25) is 0 Å². The first-order chi connectivity index (χ1) is 9.16. The van der Waals surface area contributed by atoms with Crippen molar-refractivity contribution in [3.8, 4) is 0 Å². The zero-order valence-electron chi connectivity index (χ0n) is 11.7. The van der Waals surface area contributed by atoms with Crippen LogP contribution >= 0.6 is 0 Å². The molecule has 3 rings (SSSR count). The lowest BCUT2D eigenvalue weighted by atomic mass is 9.85. The second-order valence-corrected chi connectivity index (χ2v) is 5.95. The maximum atomic E-state index is 12.6. The van der Waals surface area contributed by atoms with Gasteiger partial charge in [0.2, 0.25) is 0 Å². The van der Waals surface area contributed by atoms with Crippen molar-refractivity contribution < 1.29 is 4.79 Å². The molecule has 2 heterocycles. The Morgan fingerprint density at radius 1 is 1.26 bits per heavy atom. The molecule has 1 saturated carbocycles. The van der Waals surface area contributed by atoms with E-state index >= 15 is 0 Å². The molecule has 1 aliphatic heterocycles. The van der Waals surface area contributed by atoms with E-state index < -0.39 is 0 Å². The van der Waals surface area contributed by atoms with E-state index in [9.17, 15) is 4.79 Å². The molecule has 1 aromatic heterocycles. The molecular weight excluding hydrogens is 238 g/mol.